The number of nitrogens with one attached hydrogen (secondary N) is 1. The van der Waals surface area contributed by atoms with Crippen LogP contribution in [-0.4, -0.2) is 21.3 Å². The van der Waals surface area contributed by atoms with Gasteiger partial charge in [-0.05, 0) is 19.4 Å². The van der Waals surface area contributed by atoms with Crippen molar-refractivity contribution in [1.29, 1.82) is 0 Å². The molecule has 0 aliphatic heterocycles. The first-order valence-electron chi connectivity index (χ1n) is 6.01. The molecule has 4 heteroatoms. The fourth-order valence-corrected chi connectivity index (χ4v) is 2.29. The molecule has 0 spiro atoms. The van der Waals surface area contributed by atoms with E-state index in [0.717, 1.165) is 18.9 Å². The van der Waals surface area contributed by atoms with E-state index in [1.165, 1.54) is 32.1 Å². The molecule has 1 aromatic rings. The molecular weight excluding hydrogens is 188 g/mol. The molecule has 1 heterocycles. The minimum atomic E-state index is 0.641. The zero-order valence-electron chi connectivity index (χ0n) is 9.45. The zero-order chi connectivity index (χ0) is 10.5. The van der Waals surface area contributed by atoms with Gasteiger partial charge >= 0.3 is 0 Å². The van der Waals surface area contributed by atoms with Crippen LogP contribution in [0.5, 0.6) is 0 Å². The van der Waals surface area contributed by atoms with E-state index in [9.17, 15) is 0 Å². The smallest absolute Gasteiger partial charge is 0.147 e. The standard InChI is InChI=1S/C11H20N4/c1-2-12-8-11-14-13-9-15(11)10-6-4-3-5-7-10/h9-10,12H,2-8H2,1H3. The Morgan fingerprint density at radius 1 is 1.40 bits per heavy atom. The molecule has 0 saturated heterocycles. The molecule has 0 unspecified atom stereocenters. The van der Waals surface area contributed by atoms with Gasteiger partial charge in [-0.2, -0.15) is 0 Å². The molecule has 0 amide bonds. The summed E-state index contributed by atoms with van der Waals surface area (Å²) < 4.78 is 2.27. The van der Waals surface area contributed by atoms with Crippen LogP contribution in [0.2, 0.25) is 0 Å². The first kappa shape index (κ1) is 10.6. The highest BCUT2D eigenvalue weighted by molar-refractivity contribution is 4.90. The van der Waals surface area contributed by atoms with E-state index < -0.39 is 0 Å². The molecule has 4 nitrogen and oxygen atoms in total. The maximum absolute atomic E-state index is 4.18. The van der Waals surface area contributed by atoms with E-state index in [0.29, 0.717) is 6.04 Å². The number of nitrogens with zero attached hydrogens (tertiary/aromatic N) is 3. The summed E-state index contributed by atoms with van der Waals surface area (Å²) in [5.41, 5.74) is 0. The van der Waals surface area contributed by atoms with Gasteiger partial charge in [0.2, 0.25) is 0 Å². The van der Waals surface area contributed by atoms with Crippen LogP contribution < -0.4 is 5.32 Å². The Labute approximate surface area is 91.1 Å². The zero-order valence-corrected chi connectivity index (χ0v) is 9.45. The summed E-state index contributed by atoms with van der Waals surface area (Å²) in [6.45, 7) is 3.94. The molecule has 1 aromatic heterocycles. The van der Waals surface area contributed by atoms with Crippen molar-refractivity contribution in [2.24, 2.45) is 0 Å². The SMILES string of the molecule is CCNCc1nncn1C1CCCCC1. The van der Waals surface area contributed by atoms with Crippen molar-refractivity contribution in [1.82, 2.24) is 20.1 Å². The first-order chi connectivity index (χ1) is 7.42. The Bertz CT molecular complexity index is 289. The van der Waals surface area contributed by atoms with Crippen molar-refractivity contribution in [3.63, 3.8) is 0 Å². The summed E-state index contributed by atoms with van der Waals surface area (Å²) in [6.07, 6.45) is 8.56. The maximum atomic E-state index is 4.18. The molecular formula is C11H20N4. The molecule has 1 saturated carbocycles. The molecule has 1 aliphatic carbocycles. The van der Waals surface area contributed by atoms with Gasteiger partial charge in [0, 0.05) is 6.04 Å². The van der Waals surface area contributed by atoms with Crippen LogP contribution in [0.15, 0.2) is 6.33 Å². The third-order valence-corrected chi connectivity index (χ3v) is 3.15. The van der Waals surface area contributed by atoms with Crippen LogP contribution in [-0.2, 0) is 6.54 Å². The van der Waals surface area contributed by atoms with E-state index in [-0.39, 0.29) is 0 Å². The Balaban J connectivity index is 2.02. The summed E-state index contributed by atoms with van der Waals surface area (Å²) in [7, 11) is 0. The highest BCUT2D eigenvalue weighted by Gasteiger charge is 2.17. The third kappa shape index (κ3) is 2.56. The van der Waals surface area contributed by atoms with Gasteiger partial charge in [0.1, 0.15) is 12.2 Å². The van der Waals surface area contributed by atoms with Crippen LogP contribution in [0.25, 0.3) is 0 Å². The second-order valence-electron chi connectivity index (χ2n) is 4.23. The molecule has 1 fully saturated rings. The first-order valence-corrected chi connectivity index (χ1v) is 6.01. The average Bonchev–Trinajstić information content (AvgIpc) is 2.75. The van der Waals surface area contributed by atoms with Crippen molar-refractivity contribution in [3.05, 3.63) is 12.2 Å². The van der Waals surface area contributed by atoms with Gasteiger partial charge in [-0.15, -0.1) is 10.2 Å². The average molecular weight is 208 g/mol. The van der Waals surface area contributed by atoms with Crippen LogP contribution in [0.3, 0.4) is 0 Å². The number of aromatic nitrogens is 3. The number of rotatable bonds is 4. The fraction of sp³-hybridized carbons (Fsp3) is 0.818. The minimum absolute atomic E-state index is 0.641. The molecule has 15 heavy (non-hydrogen) atoms. The predicted octanol–water partition coefficient (Wildman–Crippen LogP) is 1.89. The number of hydrogen-bond acceptors (Lipinski definition) is 3. The van der Waals surface area contributed by atoms with Crippen molar-refractivity contribution in [2.75, 3.05) is 6.54 Å². The van der Waals surface area contributed by atoms with Gasteiger partial charge in [0.25, 0.3) is 0 Å². The quantitative estimate of drug-likeness (QED) is 0.821. The molecule has 0 atom stereocenters. The monoisotopic (exact) mass is 208 g/mol. The van der Waals surface area contributed by atoms with E-state index >= 15 is 0 Å². The van der Waals surface area contributed by atoms with Crippen LogP contribution >= 0.6 is 0 Å². The Morgan fingerprint density at radius 3 is 2.93 bits per heavy atom. The second-order valence-corrected chi connectivity index (χ2v) is 4.23. The highest BCUT2D eigenvalue weighted by Crippen LogP contribution is 2.28. The summed E-state index contributed by atoms with van der Waals surface area (Å²) in [6, 6.07) is 0.641. The Kier molecular flexibility index (Phi) is 3.72. The predicted molar refractivity (Wildman–Crippen MR) is 59.5 cm³/mol. The lowest BCUT2D eigenvalue weighted by Crippen LogP contribution is -2.20. The van der Waals surface area contributed by atoms with Crippen molar-refractivity contribution in [2.45, 2.75) is 51.6 Å². The van der Waals surface area contributed by atoms with E-state index in [1.54, 1.807) is 0 Å². The summed E-state index contributed by atoms with van der Waals surface area (Å²) in [4.78, 5) is 0. The largest absolute Gasteiger partial charge is 0.313 e. The summed E-state index contributed by atoms with van der Waals surface area (Å²) in [5.74, 6) is 1.09. The Morgan fingerprint density at radius 2 is 2.20 bits per heavy atom. The molecule has 0 radical (unpaired) electrons. The lowest BCUT2D eigenvalue weighted by Gasteiger charge is -2.23. The van der Waals surface area contributed by atoms with Gasteiger partial charge in [0.15, 0.2) is 0 Å². The van der Waals surface area contributed by atoms with Gasteiger partial charge in [-0.25, -0.2) is 0 Å². The van der Waals surface area contributed by atoms with E-state index in [1.807, 2.05) is 6.33 Å². The van der Waals surface area contributed by atoms with Crippen LogP contribution in [0.4, 0.5) is 0 Å². The normalized spacial score (nSPS) is 18.2. The minimum Gasteiger partial charge on any atom is -0.313 e. The van der Waals surface area contributed by atoms with Crippen LogP contribution in [0.1, 0.15) is 50.9 Å². The molecule has 2 rings (SSSR count). The topological polar surface area (TPSA) is 42.7 Å². The fourth-order valence-electron chi connectivity index (χ4n) is 2.29. The highest BCUT2D eigenvalue weighted by atomic mass is 15.3. The molecule has 1 N–H and O–H groups in total. The van der Waals surface area contributed by atoms with Gasteiger partial charge in [-0.3, -0.25) is 0 Å². The molecule has 1 aliphatic rings. The number of hydrogen-bond donors (Lipinski definition) is 1. The summed E-state index contributed by atoms with van der Waals surface area (Å²) >= 11 is 0. The third-order valence-electron chi connectivity index (χ3n) is 3.15. The summed E-state index contributed by atoms with van der Waals surface area (Å²) in [5, 5.41) is 11.5. The maximum Gasteiger partial charge on any atom is 0.147 e. The molecule has 84 valence electrons. The molecule has 0 aromatic carbocycles. The second kappa shape index (κ2) is 5.26. The Hall–Kier alpha value is -0.900. The van der Waals surface area contributed by atoms with Gasteiger partial charge in [-0.1, -0.05) is 26.2 Å². The lowest BCUT2D eigenvalue weighted by molar-refractivity contribution is 0.343. The molecule has 0 bridgehead atoms. The van der Waals surface area contributed by atoms with Crippen molar-refractivity contribution < 1.29 is 0 Å². The van der Waals surface area contributed by atoms with Crippen LogP contribution in [0, 0.1) is 0 Å². The van der Waals surface area contributed by atoms with Gasteiger partial charge in [0.05, 0.1) is 6.54 Å². The van der Waals surface area contributed by atoms with E-state index in [4.69, 9.17) is 0 Å². The van der Waals surface area contributed by atoms with Crippen molar-refractivity contribution in [3.8, 4) is 0 Å². The van der Waals surface area contributed by atoms with Gasteiger partial charge < -0.3 is 9.88 Å². The lowest BCUT2D eigenvalue weighted by atomic mass is 9.95. The van der Waals surface area contributed by atoms with E-state index in [2.05, 4.69) is 27.0 Å². The van der Waals surface area contributed by atoms with Crippen molar-refractivity contribution >= 4 is 0 Å².